The smallest absolute Gasteiger partial charge is 0.0772 e. The van der Waals surface area contributed by atoms with Gasteiger partial charge in [-0.05, 0) is 42.7 Å². The molecule has 19 heavy (non-hydrogen) atoms. The number of para-hydroxylation sites is 1. The first kappa shape index (κ1) is 14.4. The van der Waals surface area contributed by atoms with Crippen molar-refractivity contribution in [3.8, 4) is 0 Å². The summed E-state index contributed by atoms with van der Waals surface area (Å²) in [5.74, 6) is 0. The van der Waals surface area contributed by atoms with E-state index in [-0.39, 0.29) is 0 Å². The largest absolute Gasteiger partial charge is 0.398 e. The summed E-state index contributed by atoms with van der Waals surface area (Å²) in [7, 11) is 0. The van der Waals surface area contributed by atoms with Crippen LogP contribution in [0.1, 0.15) is 45.1 Å². The van der Waals surface area contributed by atoms with Crippen LogP contribution in [0.25, 0.3) is 0 Å². The first-order valence-electron chi connectivity index (χ1n) is 7.17. The summed E-state index contributed by atoms with van der Waals surface area (Å²) < 4.78 is 0. The molecule has 1 aliphatic rings. The number of rotatable bonds is 4. The van der Waals surface area contributed by atoms with E-state index in [1.807, 2.05) is 24.3 Å². The number of nitrogens with two attached hydrogens (primary N) is 1. The molecule has 1 aromatic carbocycles. The highest BCUT2D eigenvalue weighted by molar-refractivity contribution is 5.46. The summed E-state index contributed by atoms with van der Waals surface area (Å²) in [5, 5.41) is 13.9. The molecule has 106 valence electrons. The highest BCUT2D eigenvalue weighted by atomic mass is 16.3. The lowest BCUT2D eigenvalue weighted by atomic mass is 9.71. The van der Waals surface area contributed by atoms with Gasteiger partial charge in [0.25, 0.3) is 0 Å². The maximum Gasteiger partial charge on any atom is 0.0772 e. The Kier molecular flexibility index (Phi) is 4.16. The predicted octanol–water partition coefficient (Wildman–Crippen LogP) is 2.69. The zero-order chi connectivity index (χ0) is 13.9. The quantitative estimate of drug-likeness (QED) is 0.731. The fourth-order valence-corrected chi connectivity index (χ4v) is 2.69. The Hall–Kier alpha value is -1.06. The van der Waals surface area contributed by atoms with Crippen LogP contribution in [0.4, 0.5) is 5.69 Å². The third kappa shape index (κ3) is 3.95. The number of nitrogen functional groups attached to an aromatic ring is 1. The van der Waals surface area contributed by atoms with Crippen LogP contribution in [0.2, 0.25) is 0 Å². The third-order valence-corrected chi connectivity index (χ3v) is 4.36. The molecule has 0 saturated heterocycles. The molecule has 0 radical (unpaired) electrons. The molecule has 0 aliphatic heterocycles. The highest BCUT2D eigenvalue weighted by Crippen LogP contribution is 2.39. The van der Waals surface area contributed by atoms with Crippen LogP contribution in [0.3, 0.4) is 0 Å². The van der Waals surface area contributed by atoms with E-state index in [9.17, 15) is 5.11 Å². The van der Waals surface area contributed by atoms with Crippen molar-refractivity contribution in [1.29, 1.82) is 0 Å². The zero-order valence-electron chi connectivity index (χ0n) is 12.1. The number of hydrogen-bond acceptors (Lipinski definition) is 3. The summed E-state index contributed by atoms with van der Waals surface area (Å²) >= 11 is 0. The van der Waals surface area contributed by atoms with Gasteiger partial charge < -0.3 is 16.2 Å². The number of anilines is 1. The molecule has 1 aliphatic carbocycles. The van der Waals surface area contributed by atoms with Crippen molar-refractivity contribution < 1.29 is 5.11 Å². The van der Waals surface area contributed by atoms with Crippen molar-refractivity contribution >= 4 is 5.69 Å². The molecular weight excluding hydrogens is 236 g/mol. The van der Waals surface area contributed by atoms with E-state index >= 15 is 0 Å². The van der Waals surface area contributed by atoms with Crippen molar-refractivity contribution in [1.82, 2.24) is 5.32 Å². The molecule has 1 aromatic rings. The van der Waals surface area contributed by atoms with Crippen LogP contribution in [0.15, 0.2) is 24.3 Å². The second-order valence-corrected chi connectivity index (χ2v) is 6.69. The van der Waals surface area contributed by atoms with Crippen LogP contribution in [0, 0.1) is 5.41 Å². The van der Waals surface area contributed by atoms with Gasteiger partial charge in [-0.1, -0.05) is 32.0 Å². The average Bonchev–Trinajstić information content (AvgIpc) is 2.36. The van der Waals surface area contributed by atoms with Gasteiger partial charge in [0.15, 0.2) is 0 Å². The Bertz CT molecular complexity index is 419. The first-order valence-corrected chi connectivity index (χ1v) is 7.17. The van der Waals surface area contributed by atoms with Gasteiger partial charge >= 0.3 is 0 Å². The van der Waals surface area contributed by atoms with Gasteiger partial charge in [0, 0.05) is 18.8 Å². The Morgan fingerprint density at radius 3 is 2.42 bits per heavy atom. The second kappa shape index (κ2) is 5.51. The van der Waals surface area contributed by atoms with Crippen LogP contribution in [-0.4, -0.2) is 17.3 Å². The lowest BCUT2D eigenvalue weighted by molar-refractivity contribution is -0.0245. The molecule has 0 spiro atoms. The minimum atomic E-state index is -0.543. The standard InChI is InChI=1S/C16H26N2O/c1-15(2)7-9-16(19,10-8-15)12-18-11-13-5-3-4-6-14(13)17/h3-6,18-19H,7-12,17H2,1-2H3. The molecule has 0 atom stereocenters. The SMILES string of the molecule is CC1(C)CCC(O)(CNCc2ccccc2N)CC1. The molecule has 0 amide bonds. The van der Waals surface area contributed by atoms with Crippen molar-refractivity contribution in [2.24, 2.45) is 5.41 Å². The molecule has 0 unspecified atom stereocenters. The van der Waals surface area contributed by atoms with E-state index < -0.39 is 5.60 Å². The Morgan fingerprint density at radius 1 is 1.16 bits per heavy atom. The Morgan fingerprint density at radius 2 is 1.79 bits per heavy atom. The maximum absolute atomic E-state index is 10.6. The number of nitrogens with one attached hydrogen (secondary N) is 1. The van der Waals surface area contributed by atoms with Gasteiger partial charge in [-0.2, -0.15) is 0 Å². The fourth-order valence-electron chi connectivity index (χ4n) is 2.69. The summed E-state index contributed by atoms with van der Waals surface area (Å²) in [6, 6.07) is 7.87. The van der Waals surface area contributed by atoms with Crippen molar-refractivity contribution in [3.05, 3.63) is 29.8 Å². The van der Waals surface area contributed by atoms with Crippen molar-refractivity contribution in [2.75, 3.05) is 12.3 Å². The lowest BCUT2D eigenvalue weighted by Gasteiger charge is -2.40. The van der Waals surface area contributed by atoms with E-state index in [1.165, 1.54) is 0 Å². The van der Waals surface area contributed by atoms with Gasteiger partial charge in [0.05, 0.1) is 5.60 Å². The highest BCUT2D eigenvalue weighted by Gasteiger charge is 2.36. The average molecular weight is 262 g/mol. The molecule has 1 fully saturated rings. The molecule has 4 N–H and O–H groups in total. The van der Waals surface area contributed by atoms with Gasteiger partial charge in [0.1, 0.15) is 0 Å². The molecule has 0 aromatic heterocycles. The monoisotopic (exact) mass is 262 g/mol. The minimum absolute atomic E-state index is 0.385. The van der Waals surface area contributed by atoms with Crippen molar-refractivity contribution in [2.45, 2.75) is 51.7 Å². The van der Waals surface area contributed by atoms with Crippen molar-refractivity contribution in [3.63, 3.8) is 0 Å². The van der Waals surface area contributed by atoms with Gasteiger partial charge in [-0.25, -0.2) is 0 Å². The van der Waals surface area contributed by atoms with Gasteiger partial charge in [0.2, 0.25) is 0 Å². The van der Waals surface area contributed by atoms with Crippen LogP contribution in [-0.2, 0) is 6.54 Å². The summed E-state index contributed by atoms with van der Waals surface area (Å²) in [5.41, 5.74) is 7.66. The number of hydrogen-bond donors (Lipinski definition) is 3. The molecular formula is C16H26N2O. The summed E-state index contributed by atoms with van der Waals surface area (Å²) in [6.45, 7) is 5.94. The number of aliphatic hydroxyl groups is 1. The summed E-state index contributed by atoms with van der Waals surface area (Å²) in [6.07, 6.45) is 3.96. The zero-order valence-corrected chi connectivity index (χ0v) is 12.1. The second-order valence-electron chi connectivity index (χ2n) is 6.69. The first-order chi connectivity index (χ1) is 8.90. The van der Waals surface area contributed by atoms with E-state index in [1.54, 1.807) is 0 Å². The van der Waals surface area contributed by atoms with Crippen LogP contribution >= 0.6 is 0 Å². The molecule has 3 nitrogen and oxygen atoms in total. The van der Waals surface area contributed by atoms with E-state index in [0.717, 1.165) is 43.5 Å². The minimum Gasteiger partial charge on any atom is -0.398 e. The third-order valence-electron chi connectivity index (χ3n) is 4.36. The van der Waals surface area contributed by atoms with E-state index in [0.29, 0.717) is 12.0 Å². The van der Waals surface area contributed by atoms with E-state index in [4.69, 9.17) is 5.73 Å². The predicted molar refractivity (Wildman–Crippen MR) is 79.8 cm³/mol. The fraction of sp³-hybridized carbons (Fsp3) is 0.625. The number of benzene rings is 1. The molecule has 3 heteroatoms. The molecule has 0 heterocycles. The Balaban J connectivity index is 1.81. The molecule has 2 rings (SSSR count). The maximum atomic E-state index is 10.6. The van der Waals surface area contributed by atoms with Gasteiger partial charge in [-0.3, -0.25) is 0 Å². The topological polar surface area (TPSA) is 58.3 Å². The normalized spacial score (nSPS) is 21.2. The van der Waals surface area contributed by atoms with E-state index in [2.05, 4.69) is 19.2 Å². The summed E-state index contributed by atoms with van der Waals surface area (Å²) in [4.78, 5) is 0. The van der Waals surface area contributed by atoms with Gasteiger partial charge in [-0.15, -0.1) is 0 Å². The van der Waals surface area contributed by atoms with Crippen LogP contribution in [0.5, 0.6) is 0 Å². The lowest BCUT2D eigenvalue weighted by Crippen LogP contribution is -2.44. The molecule has 0 bridgehead atoms. The Labute approximate surface area is 116 Å². The van der Waals surface area contributed by atoms with Crippen LogP contribution < -0.4 is 11.1 Å². The molecule has 1 saturated carbocycles.